The highest BCUT2D eigenvalue weighted by Crippen LogP contribution is 2.40. The summed E-state index contributed by atoms with van der Waals surface area (Å²) in [6.45, 7) is 4.36. The van der Waals surface area contributed by atoms with E-state index < -0.39 is 0 Å². The molecule has 0 radical (unpaired) electrons. The largest absolute Gasteiger partial charge is 0.355 e. The first-order chi connectivity index (χ1) is 11.6. The van der Waals surface area contributed by atoms with E-state index in [-0.39, 0.29) is 5.91 Å². The number of likely N-dealkylation sites (N-methyl/N-ethyl adjacent to an activating group) is 1. The summed E-state index contributed by atoms with van der Waals surface area (Å²) in [5.41, 5.74) is 0.414. The van der Waals surface area contributed by atoms with Crippen molar-refractivity contribution in [1.82, 2.24) is 20.2 Å². The molecule has 2 aromatic heterocycles. The molecule has 0 aromatic carbocycles. The average molecular weight is 345 g/mol. The van der Waals surface area contributed by atoms with Crippen molar-refractivity contribution < 1.29 is 4.79 Å². The fourth-order valence-corrected chi connectivity index (χ4v) is 4.78. The highest BCUT2D eigenvalue weighted by Gasteiger charge is 2.41. The van der Waals surface area contributed by atoms with Gasteiger partial charge in [-0.15, -0.1) is 11.3 Å². The van der Waals surface area contributed by atoms with Crippen LogP contribution in [0, 0.1) is 5.41 Å². The number of nitrogens with one attached hydrogen (secondary N) is 1. The average Bonchev–Trinajstić information content (AvgIpc) is 3.27. The second-order valence-corrected chi connectivity index (χ2v) is 8.31. The number of anilines is 1. The highest BCUT2D eigenvalue weighted by molar-refractivity contribution is 7.18. The number of fused-ring (bicyclic) bond motifs is 1. The molecule has 6 nitrogen and oxygen atoms in total. The number of thiophene rings is 1. The van der Waals surface area contributed by atoms with Gasteiger partial charge in [-0.2, -0.15) is 0 Å². The number of hydrogen-bond donors (Lipinski definition) is 1. The SMILES string of the molecule is CN(C)C(=O)Cc1cc2c(N3CCC4(CCNC4)C3)ncnc2s1. The molecule has 24 heavy (non-hydrogen) atoms. The summed E-state index contributed by atoms with van der Waals surface area (Å²) in [7, 11) is 3.58. The molecule has 0 saturated carbocycles. The lowest BCUT2D eigenvalue weighted by Crippen LogP contribution is -2.29. The summed E-state index contributed by atoms with van der Waals surface area (Å²) in [6.07, 6.45) is 4.57. The smallest absolute Gasteiger partial charge is 0.227 e. The third-order valence-electron chi connectivity index (χ3n) is 5.25. The van der Waals surface area contributed by atoms with Crippen molar-refractivity contribution in [3.8, 4) is 0 Å². The lowest BCUT2D eigenvalue weighted by atomic mass is 9.87. The molecule has 2 saturated heterocycles. The Morgan fingerprint density at radius 2 is 2.29 bits per heavy atom. The Bertz CT molecular complexity index is 765. The van der Waals surface area contributed by atoms with Crippen molar-refractivity contribution in [3.63, 3.8) is 0 Å². The second kappa shape index (κ2) is 5.97. The standard InChI is InChI=1S/C17H23N5OS/c1-21(2)14(23)8-12-7-13-15(19-11-20-16(13)24-12)22-6-4-17(10-22)3-5-18-9-17/h7,11,18H,3-6,8-10H2,1-2H3. The topological polar surface area (TPSA) is 61.4 Å². The van der Waals surface area contributed by atoms with Gasteiger partial charge in [-0.05, 0) is 25.5 Å². The lowest BCUT2D eigenvalue weighted by Gasteiger charge is -2.23. The predicted octanol–water partition coefficient (Wildman–Crippen LogP) is 1.51. The first kappa shape index (κ1) is 15.8. The molecule has 4 rings (SSSR count). The molecule has 2 aliphatic rings. The second-order valence-electron chi connectivity index (χ2n) is 7.19. The fourth-order valence-electron chi connectivity index (χ4n) is 3.80. The minimum Gasteiger partial charge on any atom is -0.355 e. The van der Waals surface area contributed by atoms with E-state index in [1.54, 1.807) is 36.7 Å². The molecule has 1 atom stereocenters. The van der Waals surface area contributed by atoms with Gasteiger partial charge in [0.05, 0.1) is 11.8 Å². The maximum absolute atomic E-state index is 12.0. The lowest BCUT2D eigenvalue weighted by molar-refractivity contribution is -0.127. The van der Waals surface area contributed by atoms with E-state index in [1.807, 2.05) is 0 Å². The van der Waals surface area contributed by atoms with Gasteiger partial charge in [-0.1, -0.05) is 0 Å². The van der Waals surface area contributed by atoms with Crippen LogP contribution in [0.2, 0.25) is 0 Å². The van der Waals surface area contributed by atoms with E-state index in [9.17, 15) is 4.79 Å². The van der Waals surface area contributed by atoms with Gasteiger partial charge in [0.15, 0.2) is 0 Å². The van der Waals surface area contributed by atoms with Gasteiger partial charge >= 0.3 is 0 Å². The summed E-state index contributed by atoms with van der Waals surface area (Å²) in [5.74, 6) is 1.15. The van der Waals surface area contributed by atoms with E-state index >= 15 is 0 Å². The molecular weight excluding hydrogens is 322 g/mol. The summed E-state index contributed by atoms with van der Waals surface area (Å²) in [5, 5.41) is 4.59. The highest BCUT2D eigenvalue weighted by atomic mass is 32.1. The van der Waals surface area contributed by atoms with Crippen molar-refractivity contribution in [3.05, 3.63) is 17.3 Å². The van der Waals surface area contributed by atoms with Gasteiger partial charge in [0.1, 0.15) is 17.0 Å². The predicted molar refractivity (Wildman–Crippen MR) is 96.6 cm³/mol. The maximum Gasteiger partial charge on any atom is 0.227 e. The molecule has 0 bridgehead atoms. The van der Waals surface area contributed by atoms with E-state index in [2.05, 4.69) is 26.3 Å². The zero-order chi connectivity index (χ0) is 16.7. The van der Waals surface area contributed by atoms with Crippen molar-refractivity contribution in [2.75, 3.05) is 45.2 Å². The van der Waals surface area contributed by atoms with Crippen LogP contribution in [0.4, 0.5) is 5.82 Å². The zero-order valence-electron chi connectivity index (χ0n) is 14.2. The van der Waals surface area contributed by atoms with Crippen LogP contribution in [0.5, 0.6) is 0 Å². The molecule has 0 aliphatic carbocycles. The van der Waals surface area contributed by atoms with Crippen LogP contribution in [-0.4, -0.2) is 61.0 Å². The van der Waals surface area contributed by atoms with Crippen LogP contribution >= 0.6 is 11.3 Å². The van der Waals surface area contributed by atoms with Gasteiger partial charge in [0.2, 0.25) is 5.91 Å². The Labute approximate surface area is 145 Å². The number of amides is 1. The van der Waals surface area contributed by atoms with Crippen LogP contribution in [-0.2, 0) is 11.2 Å². The summed E-state index contributed by atoms with van der Waals surface area (Å²) >= 11 is 1.60. The van der Waals surface area contributed by atoms with Gasteiger partial charge in [-0.25, -0.2) is 9.97 Å². The van der Waals surface area contributed by atoms with E-state index in [1.165, 1.54) is 12.8 Å². The zero-order valence-corrected chi connectivity index (χ0v) is 15.0. The Morgan fingerprint density at radius 1 is 1.42 bits per heavy atom. The van der Waals surface area contributed by atoms with Crippen LogP contribution in [0.1, 0.15) is 17.7 Å². The van der Waals surface area contributed by atoms with Crippen LogP contribution in [0.3, 0.4) is 0 Å². The number of hydrogen-bond acceptors (Lipinski definition) is 6. The Hall–Kier alpha value is -1.73. The third-order valence-corrected chi connectivity index (χ3v) is 6.30. The number of rotatable bonds is 3. The minimum absolute atomic E-state index is 0.119. The molecule has 2 fully saturated rings. The minimum atomic E-state index is 0.119. The number of nitrogens with zero attached hydrogens (tertiary/aromatic N) is 4. The molecule has 2 aromatic rings. The molecule has 2 aliphatic heterocycles. The maximum atomic E-state index is 12.0. The Kier molecular flexibility index (Phi) is 3.92. The Morgan fingerprint density at radius 3 is 3.04 bits per heavy atom. The van der Waals surface area contributed by atoms with E-state index in [0.717, 1.165) is 47.1 Å². The molecule has 1 N–H and O–H groups in total. The summed E-state index contributed by atoms with van der Waals surface area (Å²) in [6, 6.07) is 2.11. The van der Waals surface area contributed by atoms with Crippen LogP contribution < -0.4 is 10.2 Å². The molecular formula is C17H23N5OS. The van der Waals surface area contributed by atoms with Gasteiger partial charge in [0, 0.05) is 44.0 Å². The van der Waals surface area contributed by atoms with Gasteiger partial charge < -0.3 is 15.1 Å². The van der Waals surface area contributed by atoms with E-state index in [4.69, 9.17) is 0 Å². The fraction of sp³-hybridized carbons (Fsp3) is 0.588. The first-order valence-electron chi connectivity index (χ1n) is 8.46. The van der Waals surface area contributed by atoms with E-state index in [0.29, 0.717) is 11.8 Å². The molecule has 4 heterocycles. The summed E-state index contributed by atoms with van der Waals surface area (Å²) < 4.78 is 0. The summed E-state index contributed by atoms with van der Waals surface area (Å²) in [4.78, 5) is 27.0. The molecule has 128 valence electrons. The van der Waals surface area contributed by atoms with Crippen molar-refractivity contribution in [1.29, 1.82) is 0 Å². The van der Waals surface area contributed by atoms with Crippen LogP contribution in [0.15, 0.2) is 12.4 Å². The molecule has 1 spiro atoms. The molecule has 7 heteroatoms. The molecule has 1 unspecified atom stereocenters. The number of aromatic nitrogens is 2. The van der Waals surface area contributed by atoms with Gasteiger partial charge in [-0.3, -0.25) is 4.79 Å². The van der Waals surface area contributed by atoms with Crippen molar-refractivity contribution in [2.24, 2.45) is 5.41 Å². The molecule has 1 amide bonds. The third kappa shape index (κ3) is 2.75. The van der Waals surface area contributed by atoms with Crippen LogP contribution in [0.25, 0.3) is 10.2 Å². The first-order valence-corrected chi connectivity index (χ1v) is 9.27. The number of carbonyl (C=O) groups excluding carboxylic acids is 1. The quantitative estimate of drug-likeness (QED) is 0.914. The van der Waals surface area contributed by atoms with Gasteiger partial charge in [0.25, 0.3) is 0 Å². The van der Waals surface area contributed by atoms with Crippen molar-refractivity contribution >= 4 is 33.3 Å². The number of carbonyl (C=O) groups is 1. The Balaban J connectivity index is 1.62. The normalized spacial score (nSPS) is 23.5. The van der Waals surface area contributed by atoms with Crippen molar-refractivity contribution in [2.45, 2.75) is 19.3 Å². The monoisotopic (exact) mass is 345 g/mol.